The van der Waals surface area contributed by atoms with Gasteiger partial charge in [-0.1, -0.05) is 6.07 Å². The van der Waals surface area contributed by atoms with Crippen LogP contribution in [0.3, 0.4) is 0 Å². The maximum Gasteiger partial charge on any atom is 0.278 e. The Morgan fingerprint density at radius 3 is 2.61 bits per heavy atom. The maximum atomic E-state index is 11.0. The van der Waals surface area contributed by atoms with E-state index in [1.165, 1.54) is 6.07 Å². The number of nitro groups is 1. The maximum absolute atomic E-state index is 11.0. The van der Waals surface area contributed by atoms with Gasteiger partial charge in [0.1, 0.15) is 0 Å². The number of aromatic nitrogens is 3. The zero-order valence-electron chi connectivity index (χ0n) is 13.1. The monoisotopic (exact) mass is 308 g/mol. The Kier molecular flexibility index (Phi) is 3.65. The van der Waals surface area contributed by atoms with Gasteiger partial charge in [0.25, 0.3) is 5.69 Å². The second kappa shape index (κ2) is 5.64. The van der Waals surface area contributed by atoms with Gasteiger partial charge in [0.05, 0.1) is 27.2 Å². The van der Waals surface area contributed by atoms with E-state index in [9.17, 15) is 10.1 Å². The fourth-order valence-electron chi connectivity index (χ4n) is 2.61. The van der Waals surface area contributed by atoms with E-state index in [2.05, 4.69) is 10.1 Å². The molecule has 0 N–H and O–H groups in total. The molecule has 23 heavy (non-hydrogen) atoms. The van der Waals surface area contributed by atoms with Crippen molar-refractivity contribution in [3.8, 4) is 0 Å². The molecule has 3 rings (SSSR count). The van der Waals surface area contributed by atoms with Gasteiger partial charge < -0.3 is 0 Å². The summed E-state index contributed by atoms with van der Waals surface area (Å²) < 4.78 is 1.84. The predicted octanol–water partition coefficient (Wildman–Crippen LogP) is 3.66. The number of hydrogen-bond donors (Lipinski definition) is 0. The third-order valence-corrected chi connectivity index (χ3v) is 3.91. The van der Waals surface area contributed by atoms with Crippen molar-refractivity contribution < 1.29 is 4.92 Å². The van der Waals surface area contributed by atoms with Crippen LogP contribution in [-0.4, -0.2) is 19.7 Å². The number of hydrogen-bond acceptors (Lipinski definition) is 4. The zero-order valence-corrected chi connectivity index (χ0v) is 13.1. The molecule has 0 atom stereocenters. The molecular formula is C17H16N4O2. The highest BCUT2D eigenvalue weighted by Crippen LogP contribution is 2.24. The molecule has 0 bridgehead atoms. The van der Waals surface area contributed by atoms with Crippen molar-refractivity contribution >= 4 is 28.7 Å². The number of rotatable bonds is 3. The Bertz CT molecular complexity index is 941. The van der Waals surface area contributed by atoms with Gasteiger partial charge in [-0.05, 0) is 44.2 Å². The first kappa shape index (κ1) is 14.9. The van der Waals surface area contributed by atoms with Gasteiger partial charge in [-0.15, -0.1) is 0 Å². The summed E-state index contributed by atoms with van der Waals surface area (Å²) in [5, 5.41) is 16.0. The summed E-state index contributed by atoms with van der Waals surface area (Å²) in [6.07, 6.45) is 3.87. The molecule has 0 unspecified atom stereocenters. The predicted molar refractivity (Wildman–Crippen MR) is 90.0 cm³/mol. The van der Waals surface area contributed by atoms with Crippen LogP contribution in [0.1, 0.15) is 22.6 Å². The van der Waals surface area contributed by atoms with E-state index in [1.54, 1.807) is 24.3 Å². The van der Waals surface area contributed by atoms with Crippen LogP contribution in [0.2, 0.25) is 0 Å². The minimum Gasteiger partial charge on any atom is -0.272 e. The molecular weight excluding hydrogens is 292 g/mol. The van der Waals surface area contributed by atoms with Crippen LogP contribution in [0.5, 0.6) is 0 Å². The van der Waals surface area contributed by atoms with E-state index < -0.39 is 0 Å². The lowest BCUT2D eigenvalue weighted by Gasteiger charge is -2.00. The number of aryl methyl sites for hydroxylation is 2. The number of nitro benzene ring substituents is 1. The molecule has 0 amide bonds. The van der Waals surface area contributed by atoms with Crippen LogP contribution in [0, 0.1) is 24.0 Å². The van der Waals surface area contributed by atoms with Gasteiger partial charge in [0.2, 0.25) is 0 Å². The van der Waals surface area contributed by atoms with Gasteiger partial charge in [-0.3, -0.25) is 14.8 Å². The number of benzene rings is 1. The first-order valence-electron chi connectivity index (χ1n) is 7.20. The van der Waals surface area contributed by atoms with E-state index in [4.69, 9.17) is 0 Å². The van der Waals surface area contributed by atoms with Gasteiger partial charge in [0, 0.05) is 24.4 Å². The van der Waals surface area contributed by atoms with Crippen molar-refractivity contribution in [2.75, 3.05) is 0 Å². The van der Waals surface area contributed by atoms with Crippen molar-refractivity contribution in [3.05, 3.63) is 63.1 Å². The molecule has 0 aliphatic rings. The molecule has 0 fully saturated rings. The van der Waals surface area contributed by atoms with Crippen molar-refractivity contribution in [2.45, 2.75) is 13.8 Å². The highest BCUT2D eigenvalue weighted by Gasteiger charge is 2.11. The molecule has 3 aromatic rings. The number of pyridine rings is 1. The van der Waals surface area contributed by atoms with Crippen LogP contribution in [0.4, 0.5) is 5.69 Å². The largest absolute Gasteiger partial charge is 0.278 e. The van der Waals surface area contributed by atoms with Crippen LogP contribution in [0.25, 0.3) is 23.1 Å². The molecule has 2 heterocycles. The zero-order chi connectivity index (χ0) is 16.6. The first-order valence-corrected chi connectivity index (χ1v) is 7.20. The van der Waals surface area contributed by atoms with Crippen molar-refractivity contribution in [1.82, 2.24) is 14.8 Å². The van der Waals surface area contributed by atoms with Crippen molar-refractivity contribution in [3.63, 3.8) is 0 Å². The molecule has 0 aliphatic carbocycles. The second-order valence-corrected chi connectivity index (χ2v) is 5.38. The average molecular weight is 308 g/mol. The average Bonchev–Trinajstić information content (AvgIpc) is 2.77. The molecule has 116 valence electrons. The Labute approximate surface area is 133 Å². The van der Waals surface area contributed by atoms with Crippen molar-refractivity contribution in [2.24, 2.45) is 7.05 Å². The normalized spacial score (nSPS) is 11.4. The second-order valence-electron chi connectivity index (χ2n) is 5.38. The molecule has 1 aromatic carbocycles. The van der Waals surface area contributed by atoms with Gasteiger partial charge >= 0.3 is 0 Å². The fraction of sp³-hybridized carbons (Fsp3) is 0.176. The molecule has 0 spiro atoms. The summed E-state index contributed by atoms with van der Waals surface area (Å²) in [6.45, 7) is 3.97. The van der Waals surface area contributed by atoms with E-state index in [1.807, 2.05) is 37.7 Å². The molecule has 0 radical (unpaired) electrons. The first-order chi connectivity index (χ1) is 11.0. The molecule has 0 saturated carbocycles. The molecule has 0 saturated heterocycles. The molecule has 2 aromatic heterocycles. The lowest BCUT2D eigenvalue weighted by molar-refractivity contribution is -0.383. The van der Waals surface area contributed by atoms with Gasteiger partial charge in [0.15, 0.2) is 0 Å². The highest BCUT2D eigenvalue weighted by atomic mass is 16.6. The number of fused-ring (bicyclic) bond motifs is 1. The summed E-state index contributed by atoms with van der Waals surface area (Å²) in [4.78, 5) is 15.1. The van der Waals surface area contributed by atoms with Crippen LogP contribution >= 0.6 is 0 Å². The third kappa shape index (κ3) is 2.70. The summed E-state index contributed by atoms with van der Waals surface area (Å²) in [7, 11) is 1.91. The Morgan fingerprint density at radius 1 is 1.17 bits per heavy atom. The Morgan fingerprint density at radius 2 is 1.96 bits per heavy atom. The lowest BCUT2D eigenvalue weighted by atomic mass is 10.1. The van der Waals surface area contributed by atoms with E-state index in [0.29, 0.717) is 10.9 Å². The third-order valence-electron chi connectivity index (χ3n) is 3.91. The summed E-state index contributed by atoms with van der Waals surface area (Å²) in [6, 6.07) is 8.44. The van der Waals surface area contributed by atoms with Crippen LogP contribution < -0.4 is 0 Å². The summed E-state index contributed by atoms with van der Waals surface area (Å²) >= 11 is 0. The van der Waals surface area contributed by atoms with E-state index in [-0.39, 0.29) is 10.6 Å². The number of nitrogens with zero attached hydrogens (tertiary/aromatic N) is 4. The standard InChI is InChI=1S/C17H16N4O2/c1-11-14(12(2)20(3)19-11)9-7-13-8-10-15-16(18-13)5-4-6-17(15)21(22)23/h4-10H,1-3H3/b9-7+. The number of non-ortho nitro benzene ring substituents is 1. The Balaban J connectivity index is 2.01. The minimum atomic E-state index is -0.387. The SMILES string of the molecule is Cc1nn(C)c(C)c1/C=C/c1ccc2c([N+](=O)[O-])cccc2n1. The summed E-state index contributed by atoms with van der Waals surface area (Å²) in [5.41, 5.74) is 4.53. The smallest absolute Gasteiger partial charge is 0.272 e. The van der Waals surface area contributed by atoms with Gasteiger partial charge in [-0.2, -0.15) is 5.10 Å². The Hall–Kier alpha value is -3.02. The lowest BCUT2D eigenvalue weighted by Crippen LogP contribution is -1.92. The van der Waals surface area contributed by atoms with E-state index in [0.717, 1.165) is 22.6 Å². The van der Waals surface area contributed by atoms with Gasteiger partial charge in [-0.25, -0.2) is 4.98 Å². The topological polar surface area (TPSA) is 73.8 Å². The molecule has 0 aliphatic heterocycles. The quantitative estimate of drug-likeness (QED) is 0.546. The highest BCUT2D eigenvalue weighted by molar-refractivity contribution is 5.89. The fourth-order valence-corrected chi connectivity index (χ4v) is 2.61. The van der Waals surface area contributed by atoms with E-state index >= 15 is 0 Å². The van der Waals surface area contributed by atoms with Crippen molar-refractivity contribution in [1.29, 1.82) is 0 Å². The summed E-state index contributed by atoms with van der Waals surface area (Å²) in [5.74, 6) is 0. The molecule has 6 heteroatoms. The minimum absolute atomic E-state index is 0.0736. The van der Waals surface area contributed by atoms with Crippen LogP contribution in [-0.2, 0) is 7.05 Å². The van der Waals surface area contributed by atoms with Crippen LogP contribution in [0.15, 0.2) is 30.3 Å². The molecule has 6 nitrogen and oxygen atoms in total.